The zero-order valence-corrected chi connectivity index (χ0v) is 12.4. The maximum atomic E-state index is 11.8. The first kappa shape index (κ1) is 14.7. The average Bonchev–Trinajstić information content (AvgIpc) is 2.42. The molecule has 1 aliphatic heterocycles. The normalized spacial score (nSPS) is 19.1. The molecule has 1 amide bonds. The highest BCUT2D eigenvalue weighted by atomic mass is 35.5. The Morgan fingerprint density at radius 3 is 2.89 bits per heavy atom. The lowest BCUT2D eigenvalue weighted by molar-refractivity contribution is -0.121. The molecule has 3 nitrogen and oxygen atoms in total. The maximum Gasteiger partial charge on any atom is 0.221 e. The smallest absolute Gasteiger partial charge is 0.221 e. The van der Waals surface area contributed by atoms with E-state index in [9.17, 15) is 4.79 Å². The number of amides is 1. The van der Waals surface area contributed by atoms with E-state index in [-0.39, 0.29) is 5.91 Å². The van der Waals surface area contributed by atoms with E-state index in [1.165, 1.54) is 5.56 Å². The van der Waals surface area contributed by atoms with Crippen LogP contribution in [-0.4, -0.2) is 36.5 Å². The molecule has 0 bridgehead atoms. The molecule has 1 unspecified atom stereocenters. The second-order valence-corrected chi connectivity index (χ2v) is 6.24. The molecule has 1 heterocycles. The van der Waals surface area contributed by atoms with Crippen molar-refractivity contribution in [2.45, 2.75) is 18.9 Å². The van der Waals surface area contributed by atoms with Crippen LogP contribution in [0.5, 0.6) is 0 Å². The molecule has 0 spiro atoms. The van der Waals surface area contributed by atoms with E-state index in [1.807, 2.05) is 36.0 Å². The highest BCUT2D eigenvalue weighted by Gasteiger charge is 2.16. The fourth-order valence-corrected chi connectivity index (χ4v) is 3.12. The number of benzene rings is 1. The number of rotatable bonds is 5. The quantitative estimate of drug-likeness (QED) is 0.875. The number of hydrogen-bond donors (Lipinski definition) is 2. The Hall–Kier alpha value is -0.710. The second-order valence-electron chi connectivity index (χ2n) is 4.66. The van der Waals surface area contributed by atoms with Crippen molar-refractivity contribution in [2.75, 3.05) is 24.6 Å². The van der Waals surface area contributed by atoms with Crippen LogP contribution >= 0.6 is 23.4 Å². The molecule has 0 aliphatic carbocycles. The van der Waals surface area contributed by atoms with Crippen LogP contribution in [0.1, 0.15) is 12.0 Å². The summed E-state index contributed by atoms with van der Waals surface area (Å²) in [7, 11) is 0. The summed E-state index contributed by atoms with van der Waals surface area (Å²) in [5.41, 5.74) is 1.19. The first-order chi connectivity index (χ1) is 9.24. The molecule has 1 fully saturated rings. The van der Waals surface area contributed by atoms with Crippen molar-refractivity contribution in [3.63, 3.8) is 0 Å². The van der Waals surface area contributed by atoms with E-state index in [0.717, 1.165) is 29.5 Å². The Morgan fingerprint density at radius 1 is 1.42 bits per heavy atom. The number of thioether (sulfide) groups is 1. The van der Waals surface area contributed by atoms with Gasteiger partial charge in [-0.2, -0.15) is 11.8 Å². The molecular formula is C14H19ClN2OS. The molecule has 1 aliphatic rings. The zero-order chi connectivity index (χ0) is 13.5. The summed E-state index contributed by atoms with van der Waals surface area (Å²) in [5.74, 6) is 2.31. The molecule has 2 N–H and O–H groups in total. The van der Waals surface area contributed by atoms with Crippen LogP contribution in [0.25, 0.3) is 0 Å². The molecule has 5 heteroatoms. The minimum atomic E-state index is 0.133. The van der Waals surface area contributed by atoms with Gasteiger partial charge in [0.25, 0.3) is 0 Å². The predicted octanol–water partition coefficient (Wildman–Crippen LogP) is 2.09. The third kappa shape index (κ3) is 5.43. The van der Waals surface area contributed by atoms with E-state index in [0.29, 0.717) is 19.0 Å². The topological polar surface area (TPSA) is 41.1 Å². The third-order valence-corrected chi connectivity index (χ3v) is 4.46. The highest BCUT2D eigenvalue weighted by Crippen LogP contribution is 2.11. The van der Waals surface area contributed by atoms with Crippen LogP contribution in [-0.2, 0) is 11.2 Å². The molecule has 1 aromatic rings. The summed E-state index contributed by atoms with van der Waals surface area (Å²) in [4.78, 5) is 11.8. The summed E-state index contributed by atoms with van der Waals surface area (Å²) in [6.45, 7) is 1.69. The van der Waals surface area contributed by atoms with Gasteiger partial charge in [0.05, 0.1) is 0 Å². The number of halogens is 1. The van der Waals surface area contributed by atoms with E-state index in [1.54, 1.807) is 0 Å². The fraction of sp³-hybridized carbons (Fsp3) is 0.500. The van der Waals surface area contributed by atoms with Crippen molar-refractivity contribution in [3.8, 4) is 0 Å². The van der Waals surface area contributed by atoms with Gasteiger partial charge in [0, 0.05) is 42.1 Å². The standard InChI is InChI=1S/C14H19ClN2OS/c15-12-3-1-11(2-4-12)5-6-17-14(18)9-13-10-19-8-7-16-13/h1-4,13,16H,5-10H2,(H,17,18). The van der Waals surface area contributed by atoms with Crippen molar-refractivity contribution in [3.05, 3.63) is 34.9 Å². The first-order valence-electron chi connectivity index (χ1n) is 6.56. The molecule has 19 heavy (non-hydrogen) atoms. The zero-order valence-electron chi connectivity index (χ0n) is 10.8. The van der Waals surface area contributed by atoms with Crippen molar-refractivity contribution in [2.24, 2.45) is 0 Å². The molecule has 1 atom stereocenters. The largest absolute Gasteiger partial charge is 0.356 e. The maximum absolute atomic E-state index is 11.8. The van der Waals surface area contributed by atoms with Gasteiger partial charge in [0.15, 0.2) is 0 Å². The second kappa shape index (κ2) is 7.78. The number of hydrogen-bond acceptors (Lipinski definition) is 3. The lowest BCUT2D eigenvalue weighted by Crippen LogP contribution is -2.41. The Kier molecular flexibility index (Phi) is 6.01. The SMILES string of the molecule is O=C(CC1CSCCN1)NCCc1ccc(Cl)cc1. The van der Waals surface area contributed by atoms with Crippen LogP contribution in [0.4, 0.5) is 0 Å². The minimum Gasteiger partial charge on any atom is -0.356 e. The fourth-order valence-electron chi connectivity index (χ4n) is 2.04. The monoisotopic (exact) mass is 298 g/mol. The summed E-state index contributed by atoms with van der Waals surface area (Å²) in [6, 6.07) is 8.07. The first-order valence-corrected chi connectivity index (χ1v) is 8.09. The van der Waals surface area contributed by atoms with Crippen molar-refractivity contribution < 1.29 is 4.79 Å². The van der Waals surface area contributed by atoms with E-state index < -0.39 is 0 Å². The molecule has 0 aromatic heterocycles. The lowest BCUT2D eigenvalue weighted by Gasteiger charge is -2.22. The van der Waals surface area contributed by atoms with Crippen LogP contribution in [0.2, 0.25) is 5.02 Å². The number of nitrogens with one attached hydrogen (secondary N) is 2. The molecule has 1 saturated heterocycles. The van der Waals surface area contributed by atoms with Crippen molar-refractivity contribution in [1.29, 1.82) is 0 Å². The summed E-state index contributed by atoms with van der Waals surface area (Å²) >= 11 is 7.74. The molecule has 0 saturated carbocycles. The summed E-state index contributed by atoms with van der Waals surface area (Å²) in [5, 5.41) is 7.08. The van der Waals surface area contributed by atoms with E-state index in [4.69, 9.17) is 11.6 Å². The minimum absolute atomic E-state index is 0.133. The molecular weight excluding hydrogens is 280 g/mol. The van der Waals surface area contributed by atoms with Gasteiger partial charge >= 0.3 is 0 Å². The number of carbonyl (C=O) groups excluding carboxylic acids is 1. The van der Waals surface area contributed by atoms with Crippen LogP contribution in [0.15, 0.2) is 24.3 Å². The Bertz CT molecular complexity index is 404. The third-order valence-electron chi connectivity index (χ3n) is 3.08. The van der Waals surface area contributed by atoms with Gasteiger partial charge in [-0.1, -0.05) is 23.7 Å². The molecule has 0 radical (unpaired) electrons. The van der Waals surface area contributed by atoms with Crippen LogP contribution in [0, 0.1) is 0 Å². The highest BCUT2D eigenvalue weighted by molar-refractivity contribution is 7.99. The average molecular weight is 299 g/mol. The Balaban J connectivity index is 1.64. The van der Waals surface area contributed by atoms with Gasteiger partial charge < -0.3 is 10.6 Å². The molecule has 104 valence electrons. The summed E-state index contributed by atoms with van der Waals surface area (Å²) < 4.78 is 0. The molecule has 1 aromatic carbocycles. The van der Waals surface area contributed by atoms with Gasteiger partial charge in [0.1, 0.15) is 0 Å². The van der Waals surface area contributed by atoms with Gasteiger partial charge in [-0.15, -0.1) is 0 Å². The Labute approximate surface area is 123 Å². The van der Waals surface area contributed by atoms with Crippen LogP contribution in [0.3, 0.4) is 0 Å². The Morgan fingerprint density at radius 2 is 2.21 bits per heavy atom. The summed E-state index contributed by atoms with van der Waals surface area (Å²) in [6.07, 6.45) is 1.42. The van der Waals surface area contributed by atoms with Gasteiger partial charge in [0.2, 0.25) is 5.91 Å². The molecule has 2 rings (SSSR count). The van der Waals surface area contributed by atoms with Crippen molar-refractivity contribution >= 4 is 29.3 Å². The van der Waals surface area contributed by atoms with E-state index in [2.05, 4.69) is 10.6 Å². The van der Waals surface area contributed by atoms with Gasteiger partial charge in [-0.05, 0) is 24.1 Å². The van der Waals surface area contributed by atoms with Gasteiger partial charge in [-0.3, -0.25) is 4.79 Å². The van der Waals surface area contributed by atoms with Crippen LogP contribution < -0.4 is 10.6 Å². The lowest BCUT2D eigenvalue weighted by atomic mass is 10.1. The van der Waals surface area contributed by atoms with Gasteiger partial charge in [-0.25, -0.2) is 0 Å². The van der Waals surface area contributed by atoms with Crippen molar-refractivity contribution in [1.82, 2.24) is 10.6 Å². The van der Waals surface area contributed by atoms with E-state index >= 15 is 0 Å². The predicted molar refractivity (Wildman–Crippen MR) is 81.9 cm³/mol. The number of carbonyl (C=O) groups is 1.